The fraction of sp³-hybridized carbons (Fsp3) is 0.364. The number of anilines is 2. The summed E-state index contributed by atoms with van der Waals surface area (Å²) < 4.78 is 0. The maximum atomic E-state index is 13.1. The van der Waals surface area contributed by atoms with Gasteiger partial charge in [-0.25, -0.2) is 10.4 Å². The van der Waals surface area contributed by atoms with E-state index in [1.165, 1.54) is 0 Å². The van der Waals surface area contributed by atoms with E-state index in [-0.39, 0.29) is 29.7 Å². The van der Waals surface area contributed by atoms with Gasteiger partial charge in [-0.2, -0.15) is 0 Å². The Balaban J connectivity index is 1.58. The molecule has 0 bridgehead atoms. The van der Waals surface area contributed by atoms with Gasteiger partial charge in [-0.15, -0.1) is 0 Å². The molecule has 2 aromatic carbocycles. The van der Waals surface area contributed by atoms with E-state index < -0.39 is 0 Å². The van der Waals surface area contributed by atoms with E-state index in [4.69, 9.17) is 0 Å². The van der Waals surface area contributed by atoms with E-state index in [1.54, 1.807) is 5.01 Å². The minimum absolute atomic E-state index is 0.0303. The highest BCUT2D eigenvalue weighted by Crippen LogP contribution is 2.32. The van der Waals surface area contributed by atoms with Gasteiger partial charge < -0.3 is 10.2 Å². The highest BCUT2D eigenvalue weighted by molar-refractivity contribution is 6.00. The predicted molar refractivity (Wildman–Crippen MR) is 110 cm³/mol. The topological polar surface area (TPSA) is 64.7 Å². The van der Waals surface area contributed by atoms with Crippen LogP contribution in [0, 0.1) is 18.8 Å². The van der Waals surface area contributed by atoms with Crippen molar-refractivity contribution in [2.24, 2.45) is 11.8 Å². The fourth-order valence-corrected chi connectivity index (χ4v) is 4.17. The average molecular weight is 378 g/mol. The second-order valence-electron chi connectivity index (χ2n) is 7.59. The number of aryl methyl sites for hydroxylation is 1. The van der Waals surface area contributed by atoms with Crippen molar-refractivity contribution in [1.82, 2.24) is 10.3 Å². The Morgan fingerprint density at radius 2 is 1.93 bits per heavy atom. The number of hydrogen-bond donors (Lipinski definition) is 2. The van der Waals surface area contributed by atoms with Crippen LogP contribution in [0.15, 0.2) is 54.6 Å². The Hall–Kier alpha value is -2.70. The molecule has 0 radical (unpaired) electrons. The van der Waals surface area contributed by atoms with Crippen LogP contribution in [0.2, 0.25) is 0 Å². The van der Waals surface area contributed by atoms with Crippen molar-refractivity contribution in [3.05, 3.63) is 60.2 Å². The molecule has 4 rings (SSSR count). The molecule has 6 nitrogen and oxygen atoms in total. The number of piperidine rings is 1. The molecular weight excluding hydrogens is 352 g/mol. The summed E-state index contributed by atoms with van der Waals surface area (Å²) in [6, 6.07) is 17.1. The molecule has 2 aliphatic rings. The number of hydrogen-bond acceptors (Lipinski definition) is 4. The van der Waals surface area contributed by atoms with Crippen LogP contribution in [0.25, 0.3) is 0 Å². The zero-order valence-corrected chi connectivity index (χ0v) is 16.3. The molecule has 3 unspecified atom stereocenters. The second kappa shape index (κ2) is 7.73. The molecule has 2 saturated heterocycles. The van der Waals surface area contributed by atoms with E-state index in [0.29, 0.717) is 13.1 Å². The van der Waals surface area contributed by atoms with Gasteiger partial charge in [-0.05, 0) is 43.3 Å². The molecule has 6 heteroatoms. The largest absolute Gasteiger partial charge is 0.326 e. The monoisotopic (exact) mass is 378 g/mol. The van der Waals surface area contributed by atoms with Crippen LogP contribution < -0.4 is 15.8 Å². The van der Waals surface area contributed by atoms with Gasteiger partial charge in [-0.3, -0.25) is 9.59 Å². The molecule has 2 aromatic rings. The van der Waals surface area contributed by atoms with Crippen LogP contribution in [0.5, 0.6) is 0 Å². The summed E-state index contributed by atoms with van der Waals surface area (Å²) in [4.78, 5) is 28.4. The first-order chi connectivity index (χ1) is 13.6. The lowest BCUT2D eigenvalue weighted by Crippen LogP contribution is -2.55. The highest BCUT2D eigenvalue weighted by Gasteiger charge is 2.50. The SMILES string of the molecule is CCN1CC(C(=O)Nc2cccc(C)c2)C2NN(c3ccccc3)C(=O)C2C1. The van der Waals surface area contributed by atoms with Crippen molar-refractivity contribution in [2.45, 2.75) is 19.9 Å². The number of nitrogens with zero attached hydrogens (tertiary/aromatic N) is 2. The molecule has 146 valence electrons. The molecule has 0 aliphatic carbocycles. The van der Waals surface area contributed by atoms with Crippen LogP contribution in [-0.2, 0) is 9.59 Å². The van der Waals surface area contributed by atoms with E-state index in [1.807, 2.05) is 61.5 Å². The Morgan fingerprint density at radius 1 is 1.14 bits per heavy atom. The van der Waals surface area contributed by atoms with E-state index in [0.717, 1.165) is 23.5 Å². The molecular formula is C22H26N4O2. The summed E-state index contributed by atoms with van der Waals surface area (Å²) in [6.45, 7) is 6.19. The van der Waals surface area contributed by atoms with Gasteiger partial charge in [0.1, 0.15) is 0 Å². The number of carbonyl (C=O) groups excluding carboxylic acids is 2. The number of rotatable bonds is 4. The van der Waals surface area contributed by atoms with Crippen LogP contribution in [0.3, 0.4) is 0 Å². The van der Waals surface area contributed by atoms with Gasteiger partial charge in [0.2, 0.25) is 11.8 Å². The molecule has 2 N–H and O–H groups in total. The number of likely N-dealkylation sites (tertiary alicyclic amines) is 1. The van der Waals surface area contributed by atoms with Gasteiger partial charge >= 0.3 is 0 Å². The minimum atomic E-state index is -0.308. The lowest BCUT2D eigenvalue weighted by molar-refractivity contribution is -0.126. The maximum Gasteiger partial charge on any atom is 0.247 e. The third-order valence-electron chi connectivity index (χ3n) is 5.68. The lowest BCUT2D eigenvalue weighted by atomic mass is 9.84. The van der Waals surface area contributed by atoms with E-state index >= 15 is 0 Å². The molecule has 2 fully saturated rings. The number of para-hydroxylation sites is 1. The van der Waals surface area contributed by atoms with E-state index in [9.17, 15) is 9.59 Å². The Morgan fingerprint density at radius 3 is 2.64 bits per heavy atom. The molecule has 2 aliphatic heterocycles. The summed E-state index contributed by atoms with van der Waals surface area (Å²) in [5.74, 6) is -0.560. The Bertz CT molecular complexity index is 870. The summed E-state index contributed by atoms with van der Waals surface area (Å²) >= 11 is 0. The third kappa shape index (κ3) is 3.53. The average Bonchev–Trinajstić information content (AvgIpc) is 3.04. The van der Waals surface area contributed by atoms with Crippen molar-refractivity contribution in [1.29, 1.82) is 0 Å². The minimum Gasteiger partial charge on any atom is -0.326 e. The zero-order chi connectivity index (χ0) is 19.7. The number of fused-ring (bicyclic) bond motifs is 1. The summed E-state index contributed by atoms with van der Waals surface area (Å²) in [6.07, 6.45) is 0. The van der Waals surface area contributed by atoms with Gasteiger partial charge in [0, 0.05) is 18.8 Å². The Kier molecular flexibility index (Phi) is 5.15. The fourth-order valence-electron chi connectivity index (χ4n) is 4.17. The number of carbonyl (C=O) groups is 2. The van der Waals surface area contributed by atoms with Crippen molar-refractivity contribution in [2.75, 3.05) is 30.0 Å². The molecule has 3 atom stereocenters. The first kappa shape index (κ1) is 18.7. The normalized spacial score (nSPS) is 24.9. The smallest absolute Gasteiger partial charge is 0.247 e. The molecule has 0 spiro atoms. The van der Waals surface area contributed by atoms with Crippen LogP contribution in [-0.4, -0.2) is 42.4 Å². The second-order valence-corrected chi connectivity index (χ2v) is 7.59. The predicted octanol–water partition coefficient (Wildman–Crippen LogP) is 2.42. The third-order valence-corrected chi connectivity index (χ3v) is 5.68. The number of benzene rings is 2. The maximum absolute atomic E-state index is 13.1. The number of amides is 2. The van der Waals surface area contributed by atoms with Gasteiger partial charge in [0.05, 0.1) is 23.6 Å². The Labute approximate surface area is 165 Å². The summed E-state index contributed by atoms with van der Waals surface area (Å²) in [5.41, 5.74) is 6.02. The van der Waals surface area contributed by atoms with Gasteiger partial charge in [-0.1, -0.05) is 37.3 Å². The standard InChI is InChI=1S/C22H26N4O2/c1-3-25-13-18(21(27)23-16-9-7-8-15(2)12-16)20-19(14-25)22(28)26(24-20)17-10-5-4-6-11-17/h4-12,18-20,24H,3,13-14H2,1-2H3,(H,23,27). The van der Waals surface area contributed by atoms with Crippen LogP contribution in [0.1, 0.15) is 12.5 Å². The number of hydrazine groups is 1. The van der Waals surface area contributed by atoms with Crippen molar-refractivity contribution >= 4 is 23.2 Å². The number of nitrogens with one attached hydrogen (secondary N) is 2. The highest BCUT2D eigenvalue weighted by atomic mass is 16.2. The molecule has 0 aromatic heterocycles. The quantitative estimate of drug-likeness (QED) is 0.858. The molecule has 0 saturated carbocycles. The first-order valence-electron chi connectivity index (χ1n) is 9.82. The van der Waals surface area contributed by atoms with Gasteiger partial charge in [0.15, 0.2) is 0 Å². The first-order valence-corrected chi connectivity index (χ1v) is 9.82. The van der Waals surface area contributed by atoms with Gasteiger partial charge in [0.25, 0.3) is 0 Å². The molecule has 2 amide bonds. The molecule has 28 heavy (non-hydrogen) atoms. The van der Waals surface area contributed by atoms with Crippen molar-refractivity contribution < 1.29 is 9.59 Å². The molecule has 2 heterocycles. The zero-order valence-electron chi connectivity index (χ0n) is 16.3. The van der Waals surface area contributed by atoms with Crippen molar-refractivity contribution in [3.8, 4) is 0 Å². The summed E-state index contributed by atoms with van der Waals surface area (Å²) in [5, 5.41) is 4.66. The van der Waals surface area contributed by atoms with E-state index in [2.05, 4.69) is 22.6 Å². The van der Waals surface area contributed by atoms with Crippen molar-refractivity contribution in [3.63, 3.8) is 0 Å². The van der Waals surface area contributed by atoms with Crippen LogP contribution >= 0.6 is 0 Å². The lowest BCUT2D eigenvalue weighted by Gasteiger charge is -2.37. The van der Waals surface area contributed by atoms with Crippen LogP contribution in [0.4, 0.5) is 11.4 Å². The summed E-state index contributed by atoms with van der Waals surface area (Å²) in [7, 11) is 0.